The van der Waals surface area contributed by atoms with Crippen molar-refractivity contribution in [3.05, 3.63) is 91.9 Å². The summed E-state index contributed by atoms with van der Waals surface area (Å²) in [4.78, 5) is 41.8. The summed E-state index contributed by atoms with van der Waals surface area (Å²) >= 11 is 0. The predicted molar refractivity (Wildman–Crippen MR) is 175 cm³/mol. The van der Waals surface area contributed by atoms with E-state index in [0.717, 1.165) is 10.8 Å². The number of aryl methyl sites for hydroxylation is 3. The van der Waals surface area contributed by atoms with E-state index < -0.39 is 59.3 Å². The van der Waals surface area contributed by atoms with Crippen LogP contribution in [0.15, 0.2) is 41.3 Å². The third-order valence-electron chi connectivity index (χ3n) is 8.07. The number of hydrogen-bond acceptors (Lipinski definition) is 5. The van der Waals surface area contributed by atoms with Crippen LogP contribution >= 0.6 is 0 Å². The highest BCUT2D eigenvalue weighted by Crippen LogP contribution is 2.35. The third kappa shape index (κ3) is 9.52. The zero-order chi connectivity index (χ0) is 36.1. The quantitative estimate of drug-likeness (QED) is 0.153. The fourth-order valence-electron chi connectivity index (χ4n) is 5.89. The van der Waals surface area contributed by atoms with Crippen LogP contribution in [0, 0.1) is 38.3 Å². The van der Waals surface area contributed by atoms with E-state index in [9.17, 15) is 31.9 Å². The number of aromatic nitrogens is 1. The van der Waals surface area contributed by atoms with Gasteiger partial charge in [0.2, 0.25) is 5.91 Å². The number of likely N-dealkylation sites (N-methyl/N-ethyl adjacent to an activating group) is 1. The fourth-order valence-corrected chi connectivity index (χ4v) is 5.89. The zero-order valence-electron chi connectivity index (χ0n) is 28.6. The molecule has 0 saturated heterocycles. The van der Waals surface area contributed by atoms with Gasteiger partial charge in [-0.2, -0.15) is 13.2 Å². The van der Waals surface area contributed by atoms with Crippen molar-refractivity contribution in [3.8, 4) is 11.1 Å². The number of ether oxygens (including phenoxy) is 1. The average Bonchev–Trinajstić information content (AvgIpc) is 2.95. The van der Waals surface area contributed by atoms with E-state index in [4.69, 9.17) is 4.74 Å². The molecule has 7 nitrogen and oxygen atoms in total. The summed E-state index contributed by atoms with van der Waals surface area (Å²) in [6, 6.07) is 3.73. The highest BCUT2D eigenvalue weighted by Gasteiger charge is 2.36. The summed E-state index contributed by atoms with van der Waals surface area (Å²) in [5.74, 6) is -2.81. The summed E-state index contributed by atoms with van der Waals surface area (Å²) in [6.07, 6.45) is -4.16. The van der Waals surface area contributed by atoms with E-state index in [1.807, 2.05) is 0 Å². The minimum absolute atomic E-state index is 0.0294. The Balaban J connectivity index is 2.18. The SMILES string of the molecule is CCOC(=O)C[C@H](NC(=O)C(CC(C)C)n1cc(CCN(C)C)c(C(F)(F)F)cc1=O)c1cc(-c2c(C)cc(F)cc2C)cc(C)c1F. The molecule has 0 aliphatic carbocycles. The lowest BCUT2D eigenvalue weighted by molar-refractivity contribution is -0.144. The van der Waals surface area contributed by atoms with Gasteiger partial charge in [-0.3, -0.25) is 14.4 Å². The molecule has 0 saturated carbocycles. The Labute approximate surface area is 278 Å². The molecule has 1 unspecified atom stereocenters. The Morgan fingerprint density at radius 1 is 0.979 bits per heavy atom. The molecule has 48 heavy (non-hydrogen) atoms. The van der Waals surface area contributed by atoms with Crippen LogP contribution in [0.2, 0.25) is 0 Å². The number of esters is 1. The highest BCUT2D eigenvalue weighted by molar-refractivity contribution is 5.82. The first kappa shape index (κ1) is 38.4. The number of pyridine rings is 1. The van der Waals surface area contributed by atoms with Gasteiger partial charge in [0.05, 0.1) is 24.6 Å². The average molecular weight is 678 g/mol. The Morgan fingerprint density at radius 2 is 1.60 bits per heavy atom. The summed E-state index contributed by atoms with van der Waals surface area (Å²) in [6.45, 7) is 10.4. The molecule has 0 spiro atoms. The molecule has 0 aliphatic rings. The van der Waals surface area contributed by atoms with Crippen molar-refractivity contribution in [1.82, 2.24) is 14.8 Å². The van der Waals surface area contributed by atoms with Crippen LogP contribution in [-0.4, -0.2) is 48.6 Å². The van der Waals surface area contributed by atoms with Gasteiger partial charge in [0.1, 0.15) is 17.7 Å². The molecule has 262 valence electrons. The molecule has 0 fully saturated rings. The Kier molecular flexibility index (Phi) is 12.7. The Morgan fingerprint density at radius 3 is 2.15 bits per heavy atom. The number of carbonyl (C=O) groups excluding carboxylic acids is 2. The number of hydrogen-bond donors (Lipinski definition) is 1. The lowest BCUT2D eigenvalue weighted by Gasteiger charge is -2.27. The van der Waals surface area contributed by atoms with E-state index in [-0.39, 0.29) is 48.6 Å². The standard InChI is InChI=1S/C36H44F5N3O4/c1-9-48-32(46)18-29(27-16-25(13-23(6)34(27)38)33-21(4)14-26(37)15-22(33)5)42-35(47)30(12-20(2)3)44-19-24(10-11-43(7)8)28(17-31(44)45)36(39,40)41/h13-17,19-20,29-30H,9-12,18H2,1-8H3,(H,42,47)/t29-,30?/m0/s1. The predicted octanol–water partition coefficient (Wildman–Crippen LogP) is 7.24. The van der Waals surface area contributed by atoms with Gasteiger partial charge < -0.3 is 19.5 Å². The minimum atomic E-state index is -4.79. The maximum Gasteiger partial charge on any atom is 0.416 e. The summed E-state index contributed by atoms with van der Waals surface area (Å²) in [7, 11) is 3.41. The van der Waals surface area contributed by atoms with Crippen LogP contribution < -0.4 is 10.9 Å². The van der Waals surface area contributed by atoms with Crippen molar-refractivity contribution in [2.24, 2.45) is 5.92 Å². The number of carbonyl (C=O) groups is 2. The third-order valence-corrected chi connectivity index (χ3v) is 8.07. The molecule has 3 rings (SSSR count). The molecule has 1 heterocycles. The Hall–Kier alpha value is -4.06. The van der Waals surface area contributed by atoms with Gasteiger partial charge in [-0.15, -0.1) is 0 Å². The zero-order valence-corrected chi connectivity index (χ0v) is 28.6. The second kappa shape index (κ2) is 15.9. The van der Waals surface area contributed by atoms with Gasteiger partial charge >= 0.3 is 12.1 Å². The van der Waals surface area contributed by atoms with Crippen LogP contribution in [0.5, 0.6) is 0 Å². The molecule has 0 radical (unpaired) electrons. The largest absolute Gasteiger partial charge is 0.466 e. The van der Waals surface area contributed by atoms with Crippen molar-refractivity contribution >= 4 is 11.9 Å². The van der Waals surface area contributed by atoms with E-state index >= 15 is 4.39 Å². The summed E-state index contributed by atoms with van der Waals surface area (Å²) < 4.78 is 78.0. The monoisotopic (exact) mass is 677 g/mol. The first-order valence-corrected chi connectivity index (χ1v) is 15.8. The van der Waals surface area contributed by atoms with E-state index in [0.29, 0.717) is 28.3 Å². The van der Waals surface area contributed by atoms with Gasteiger partial charge in [-0.25, -0.2) is 8.78 Å². The summed E-state index contributed by atoms with van der Waals surface area (Å²) in [5.41, 5.74) is 0.297. The maximum absolute atomic E-state index is 15.9. The van der Waals surface area contributed by atoms with Crippen molar-refractivity contribution in [2.75, 3.05) is 27.2 Å². The Bertz CT molecular complexity index is 1680. The number of nitrogens with zero attached hydrogens (tertiary/aromatic N) is 2. The molecule has 0 aliphatic heterocycles. The molecular weight excluding hydrogens is 633 g/mol. The molecular formula is C36H44F5N3O4. The van der Waals surface area contributed by atoms with Gasteiger partial charge in [0.15, 0.2) is 0 Å². The van der Waals surface area contributed by atoms with Gasteiger partial charge in [-0.05, 0) is 118 Å². The molecule has 2 atom stereocenters. The van der Waals surface area contributed by atoms with Crippen molar-refractivity contribution in [3.63, 3.8) is 0 Å². The smallest absolute Gasteiger partial charge is 0.416 e. The molecule has 1 amide bonds. The van der Waals surface area contributed by atoms with Crippen LogP contribution in [0.4, 0.5) is 22.0 Å². The topological polar surface area (TPSA) is 80.6 Å². The number of benzene rings is 2. The number of nitrogens with one attached hydrogen (secondary N) is 1. The van der Waals surface area contributed by atoms with Crippen LogP contribution in [0.25, 0.3) is 11.1 Å². The van der Waals surface area contributed by atoms with Crippen molar-refractivity contribution < 1.29 is 36.3 Å². The molecule has 0 bridgehead atoms. The number of alkyl halides is 3. The van der Waals surface area contributed by atoms with Gasteiger partial charge in [-0.1, -0.05) is 13.8 Å². The van der Waals surface area contributed by atoms with Crippen molar-refractivity contribution in [2.45, 2.75) is 79.1 Å². The first-order chi connectivity index (χ1) is 22.3. The number of rotatable bonds is 13. The minimum Gasteiger partial charge on any atom is -0.466 e. The number of halogens is 5. The highest BCUT2D eigenvalue weighted by atomic mass is 19.4. The van der Waals surface area contributed by atoms with E-state index in [1.54, 1.807) is 59.7 Å². The lowest BCUT2D eigenvalue weighted by Crippen LogP contribution is -2.41. The molecule has 12 heteroatoms. The van der Waals surface area contributed by atoms with E-state index in [2.05, 4.69) is 5.32 Å². The van der Waals surface area contributed by atoms with E-state index in [1.165, 1.54) is 25.1 Å². The normalized spacial score (nSPS) is 13.1. The van der Waals surface area contributed by atoms with Crippen LogP contribution in [-0.2, 0) is 26.9 Å². The van der Waals surface area contributed by atoms with Gasteiger partial charge in [0, 0.05) is 24.4 Å². The fraction of sp³-hybridized carbons (Fsp3) is 0.472. The molecule has 1 N–H and O–H groups in total. The summed E-state index contributed by atoms with van der Waals surface area (Å²) in [5, 5.41) is 2.72. The maximum atomic E-state index is 15.9. The lowest BCUT2D eigenvalue weighted by atomic mass is 9.90. The van der Waals surface area contributed by atoms with Crippen LogP contribution in [0.1, 0.15) is 79.1 Å². The second-order valence-corrected chi connectivity index (χ2v) is 12.8. The number of amides is 1. The second-order valence-electron chi connectivity index (χ2n) is 12.8. The first-order valence-electron chi connectivity index (χ1n) is 15.8. The molecule has 1 aromatic heterocycles. The van der Waals surface area contributed by atoms with Crippen molar-refractivity contribution in [1.29, 1.82) is 0 Å². The van der Waals surface area contributed by atoms with Gasteiger partial charge in [0.25, 0.3) is 5.56 Å². The van der Waals surface area contributed by atoms with Crippen LogP contribution in [0.3, 0.4) is 0 Å². The molecule has 3 aromatic rings. The molecule has 2 aromatic carbocycles.